The van der Waals surface area contributed by atoms with Crippen LogP contribution in [0.25, 0.3) is 0 Å². The average Bonchev–Trinajstić information content (AvgIpc) is 2.63. The van der Waals surface area contributed by atoms with Gasteiger partial charge in [-0.3, -0.25) is 10.1 Å². The van der Waals surface area contributed by atoms with Crippen LogP contribution in [0, 0.1) is 10.1 Å². The maximum atomic E-state index is 13.5. The lowest BCUT2D eigenvalue weighted by Crippen LogP contribution is -2.31. The highest BCUT2D eigenvalue weighted by atomic mass is 19.1. The second-order valence-corrected chi connectivity index (χ2v) is 4.48. The average molecular weight is 257 g/mol. The van der Waals surface area contributed by atoms with Crippen molar-refractivity contribution in [3.8, 4) is 0 Å². The minimum atomic E-state index is -1.05. The molecule has 1 aromatic heterocycles. The number of nitrogens with two attached hydrogens (primary N) is 1. The first-order valence-corrected chi connectivity index (χ1v) is 5.81. The third-order valence-electron chi connectivity index (χ3n) is 3.26. The van der Waals surface area contributed by atoms with Crippen molar-refractivity contribution in [3.63, 3.8) is 0 Å². The highest BCUT2D eigenvalue weighted by Gasteiger charge is 2.29. The van der Waals surface area contributed by atoms with E-state index in [1.54, 1.807) is 11.9 Å². The van der Waals surface area contributed by atoms with Gasteiger partial charge in [-0.25, -0.2) is 9.07 Å². The van der Waals surface area contributed by atoms with Crippen LogP contribution in [-0.4, -0.2) is 40.0 Å². The van der Waals surface area contributed by atoms with Crippen LogP contribution in [-0.2, 0) is 7.05 Å². The zero-order valence-electron chi connectivity index (χ0n) is 10.1. The molecule has 0 aliphatic carbocycles. The van der Waals surface area contributed by atoms with Crippen molar-refractivity contribution in [1.29, 1.82) is 0 Å². The van der Waals surface area contributed by atoms with Crippen molar-refractivity contribution in [2.24, 2.45) is 12.8 Å². The molecule has 1 fully saturated rings. The van der Waals surface area contributed by atoms with Crippen LogP contribution in [0.2, 0.25) is 0 Å². The molecule has 18 heavy (non-hydrogen) atoms. The summed E-state index contributed by atoms with van der Waals surface area (Å²) in [5.74, 6) is 0.418. The molecule has 0 radical (unpaired) electrons. The number of halogens is 1. The van der Waals surface area contributed by atoms with Gasteiger partial charge in [-0.1, -0.05) is 0 Å². The lowest BCUT2D eigenvalue weighted by atomic mass is 10.1. The molecule has 2 heterocycles. The summed E-state index contributed by atoms with van der Waals surface area (Å²) in [6.07, 6.45) is 0.919. The molecule has 0 bridgehead atoms. The van der Waals surface area contributed by atoms with E-state index in [4.69, 9.17) is 5.73 Å². The molecule has 100 valence electrons. The normalized spacial score (nSPS) is 24.9. The predicted molar refractivity (Wildman–Crippen MR) is 64.2 cm³/mol. The molecule has 1 aromatic rings. The Labute approximate surface area is 104 Å². The summed E-state index contributed by atoms with van der Waals surface area (Å²) in [6.45, 7) is 0.914. The molecule has 0 aromatic carbocycles. The van der Waals surface area contributed by atoms with E-state index in [9.17, 15) is 14.5 Å². The molecule has 2 N–H and O–H groups in total. The third kappa shape index (κ3) is 2.28. The Morgan fingerprint density at radius 2 is 2.22 bits per heavy atom. The van der Waals surface area contributed by atoms with E-state index in [-0.39, 0.29) is 12.1 Å². The van der Waals surface area contributed by atoms with Gasteiger partial charge >= 0.3 is 5.69 Å². The zero-order chi connectivity index (χ0) is 13.3. The minimum absolute atomic E-state index is 0.0524. The van der Waals surface area contributed by atoms with Crippen molar-refractivity contribution >= 4 is 11.5 Å². The summed E-state index contributed by atoms with van der Waals surface area (Å²) < 4.78 is 15.0. The Balaban J connectivity index is 2.26. The van der Waals surface area contributed by atoms with E-state index >= 15 is 0 Å². The lowest BCUT2D eigenvalue weighted by Gasteiger charge is -2.21. The molecule has 0 saturated carbocycles. The van der Waals surface area contributed by atoms with Crippen molar-refractivity contribution < 1.29 is 9.31 Å². The van der Waals surface area contributed by atoms with E-state index in [0.717, 1.165) is 0 Å². The molecule has 0 amide bonds. The SMILES string of the molecule is Cn1ncc([N+](=O)[O-])c1N1CCC(N)C(F)CC1. The van der Waals surface area contributed by atoms with Crippen molar-refractivity contribution in [1.82, 2.24) is 9.78 Å². The van der Waals surface area contributed by atoms with Gasteiger partial charge in [-0.2, -0.15) is 5.10 Å². The van der Waals surface area contributed by atoms with E-state index in [1.165, 1.54) is 10.9 Å². The second kappa shape index (κ2) is 4.89. The Hall–Kier alpha value is -1.70. The fourth-order valence-corrected chi connectivity index (χ4v) is 2.22. The van der Waals surface area contributed by atoms with E-state index in [2.05, 4.69) is 5.10 Å². The van der Waals surface area contributed by atoms with Crippen LogP contribution in [0.1, 0.15) is 12.8 Å². The van der Waals surface area contributed by atoms with Gasteiger partial charge in [0.05, 0.1) is 4.92 Å². The van der Waals surface area contributed by atoms with Gasteiger partial charge in [-0.15, -0.1) is 0 Å². The van der Waals surface area contributed by atoms with Crippen molar-refractivity contribution in [3.05, 3.63) is 16.3 Å². The fraction of sp³-hybridized carbons (Fsp3) is 0.700. The molecule has 2 atom stereocenters. The van der Waals surface area contributed by atoms with Crippen LogP contribution < -0.4 is 10.6 Å². The Morgan fingerprint density at radius 1 is 1.56 bits per heavy atom. The van der Waals surface area contributed by atoms with Crippen LogP contribution >= 0.6 is 0 Å². The number of anilines is 1. The number of nitrogens with zero attached hydrogens (tertiary/aromatic N) is 4. The molecule has 7 nitrogen and oxygen atoms in total. The highest BCUT2D eigenvalue weighted by Crippen LogP contribution is 2.29. The van der Waals surface area contributed by atoms with E-state index < -0.39 is 17.1 Å². The zero-order valence-corrected chi connectivity index (χ0v) is 10.1. The van der Waals surface area contributed by atoms with Gasteiger partial charge in [0.1, 0.15) is 12.4 Å². The smallest absolute Gasteiger partial charge is 0.331 e. The number of hydrogen-bond donors (Lipinski definition) is 1. The van der Waals surface area contributed by atoms with Crippen LogP contribution in [0.5, 0.6) is 0 Å². The molecular weight excluding hydrogens is 241 g/mol. The molecule has 2 unspecified atom stereocenters. The summed E-state index contributed by atoms with van der Waals surface area (Å²) in [4.78, 5) is 12.2. The molecular formula is C10H16FN5O2. The standard InChI is InChI=1S/C10H16FN5O2/c1-14-10(9(6-13-14)16(17)18)15-4-2-7(11)8(12)3-5-15/h6-8H,2-5,12H2,1H3. The summed E-state index contributed by atoms with van der Waals surface area (Å²) in [5, 5.41) is 14.8. The van der Waals surface area contributed by atoms with Gasteiger partial charge in [0.15, 0.2) is 0 Å². The number of hydrogen-bond acceptors (Lipinski definition) is 5. The van der Waals surface area contributed by atoms with Gasteiger partial charge < -0.3 is 10.6 Å². The summed E-state index contributed by atoms with van der Waals surface area (Å²) in [5.41, 5.74) is 5.62. The maximum absolute atomic E-state index is 13.5. The number of nitro groups is 1. The quantitative estimate of drug-likeness (QED) is 0.618. The molecule has 1 saturated heterocycles. The van der Waals surface area contributed by atoms with E-state index in [0.29, 0.717) is 25.3 Å². The van der Waals surface area contributed by atoms with Crippen LogP contribution in [0.3, 0.4) is 0 Å². The predicted octanol–water partition coefficient (Wildman–Crippen LogP) is 0.594. The summed E-state index contributed by atoms with van der Waals surface area (Å²) in [6, 6.07) is -0.498. The Morgan fingerprint density at radius 3 is 2.89 bits per heavy atom. The van der Waals surface area contributed by atoms with Gasteiger partial charge in [0, 0.05) is 26.2 Å². The maximum Gasteiger partial charge on any atom is 0.331 e. The molecule has 1 aliphatic heterocycles. The summed E-state index contributed by atoms with van der Waals surface area (Å²) in [7, 11) is 1.64. The topological polar surface area (TPSA) is 90.2 Å². The highest BCUT2D eigenvalue weighted by molar-refractivity contribution is 5.57. The lowest BCUT2D eigenvalue weighted by molar-refractivity contribution is -0.384. The van der Waals surface area contributed by atoms with Crippen molar-refractivity contribution in [2.75, 3.05) is 18.0 Å². The van der Waals surface area contributed by atoms with E-state index in [1.807, 2.05) is 0 Å². The molecule has 1 aliphatic rings. The molecule has 8 heteroatoms. The van der Waals surface area contributed by atoms with Crippen LogP contribution in [0.4, 0.5) is 15.9 Å². The molecule has 0 spiro atoms. The first-order chi connectivity index (χ1) is 8.50. The van der Waals surface area contributed by atoms with Crippen molar-refractivity contribution in [2.45, 2.75) is 25.1 Å². The Bertz CT molecular complexity index is 437. The Kier molecular flexibility index (Phi) is 3.46. The van der Waals surface area contributed by atoms with Gasteiger partial charge in [0.25, 0.3) is 0 Å². The first-order valence-electron chi connectivity index (χ1n) is 5.81. The summed E-state index contributed by atoms with van der Waals surface area (Å²) >= 11 is 0. The number of alkyl halides is 1. The fourth-order valence-electron chi connectivity index (χ4n) is 2.22. The monoisotopic (exact) mass is 257 g/mol. The van der Waals surface area contributed by atoms with Crippen LogP contribution in [0.15, 0.2) is 6.20 Å². The number of aryl methyl sites for hydroxylation is 1. The molecule has 2 rings (SSSR count). The second-order valence-electron chi connectivity index (χ2n) is 4.48. The third-order valence-corrected chi connectivity index (χ3v) is 3.26. The largest absolute Gasteiger partial charge is 0.351 e. The van der Waals surface area contributed by atoms with Gasteiger partial charge in [-0.05, 0) is 12.8 Å². The first kappa shape index (κ1) is 12.7. The number of rotatable bonds is 2. The number of aromatic nitrogens is 2. The minimum Gasteiger partial charge on any atom is -0.351 e. The van der Waals surface area contributed by atoms with Gasteiger partial charge in [0.2, 0.25) is 5.82 Å².